The Bertz CT molecular complexity index is 523. The monoisotopic (exact) mass is 289 g/mol. The molecular weight excluding hydrogens is 266 g/mol. The molecular formula is C17H23NO3. The highest BCUT2D eigenvalue weighted by molar-refractivity contribution is 5.85. The number of piperidine rings is 1. The van der Waals surface area contributed by atoms with Crippen molar-refractivity contribution < 1.29 is 14.6 Å². The molecule has 1 aliphatic rings. The van der Waals surface area contributed by atoms with Crippen molar-refractivity contribution in [3.05, 3.63) is 35.4 Å². The van der Waals surface area contributed by atoms with Gasteiger partial charge in [-0.15, -0.1) is 0 Å². The maximum absolute atomic E-state index is 10.6. The Morgan fingerprint density at radius 1 is 1.52 bits per heavy atom. The molecule has 21 heavy (non-hydrogen) atoms. The lowest BCUT2D eigenvalue weighted by atomic mass is 9.97. The number of hydrogen-bond acceptors (Lipinski definition) is 3. The molecule has 4 heteroatoms. The van der Waals surface area contributed by atoms with Gasteiger partial charge in [0.05, 0.1) is 6.61 Å². The van der Waals surface area contributed by atoms with Crippen LogP contribution in [0.3, 0.4) is 0 Å². The molecule has 2 rings (SSSR count). The molecule has 0 saturated carbocycles. The summed E-state index contributed by atoms with van der Waals surface area (Å²) in [6.07, 6.45) is 5.24. The SMILES string of the molecule is COCC1CCCN(c2ccc(/C=C/C(=O)O)c(C)c2)C1. The van der Waals surface area contributed by atoms with Crippen molar-refractivity contribution in [1.82, 2.24) is 0 Å². The molecule has 1 aromatic rings. The molecule has 1 unspecified atom stereocenters. The average Bonchev–Trinajstić information content (AvgIpc) is 2.46. The maximum atomic E-state index is 10.6. The molecule has 0 bridgehead atoms. The van der Waals surface area contributed by atoms with Gasteiger partial charge < -0.3 is 14.7 Å². The number of aliphatic carboxylic acids is 1. The number of carboxylic acids is 1. The fourth-order valence-corrected chi connectivity index (χ4v) is 2.88. The third-order valence-electron chi connectivity index (χ3n) is 3.95. The molecule has 0 radical (unpaired) electrons. The molecule has 1 saturated heterocycles. The van der Waals surface area contributed by atoms with Crippen molar-refractivity contribution in [2.24, 2.45) is 5.92 Å². The Hall–Kier alpha value is -1.81. The Morgan fingerprint density at radius 3 is 3.00 bits per heavy atom. The summed E-state index contributed by atoms with van der Waals surface area (Å²) in [4.78, 5) is 13.0. The number of nitrogens with zero attached hydrogens (tertiary/aromatic N) is 1. The molecule has 1 N–H and O–H groups in total. The van der Waals surface area contributed by atoms with E-state index in [1.54, 1.807) is 13.2 Å². The number of hydrogen-bond donors (Lipinski definition) is 1. The van der Waals surface area contributed by atoms with Gasteiger partial charge in [-0.2, -0.15) is 0 Å². The van der Waals surface area contributed by atoms with Crippen LogP contribution in [0.1, 0.15) is 24.0 Å². The number of carbonyl (C=O) groups is 1. The lowest BCUT2D eigenvalue weighted by molar-refractivity contribution is -0.131. The minimum absolute atomic E-state index is 0.593. The van der Waals surface area contributed by atoms with Crippen LogP contribution < -0.4 is 4.90 Å². The van der Waals surface area contributed by atoms with E-state index >= 15 is 0 Å². The van der Waals surface area contributed by atoms with Gasteiger partial charge >= 0.3 is 5.97 Å². The third-order valence-corrected chi connectivity index (χ3v) is 3.95. The van der Waals surface area contributed by atoms with Crippen molar-refractivity contribution >= 4 is 17.7 Å². The van der Waals surface area contributed by atoms with Gasteiger partial charge in [0.25, 0.3) is 0 Å². The number of anilines is 1. The summed E-state index contributed by atoms with van der Waals surface area (Å²) < 4.78 is 5.27. The van der Waals surface area contributed by atoms with Crippen molar-refractivity contribution in [1.29, 1.82) is 0 Å². The van der Waals surface area contributed by atoms with Gasteiger partial charge in [-0.25, -0.2) is 4.79 Å². The van der Waals surface area contributed by atoms with E-state index in [-0.39, 0.29) is 0 Å². The minimum atomic E-state index is -0.920. The Morgan fingerprint density at radius 2 is 2.33 bits per heavy atom. The van der Waals surface area contributed by atoms with E-state index in [1.165, 1.54) is 24.6 Å². The number of ether oxygens (including phenoxy) is 1. The van der Waals surface area contributed by atoms with Crippen LogP contribution in [-0.4, -0.2) is 37.9 Å². The smallest absolute Gasteiger partial charge is 0.328 e. The van der Waals surface area contributed by atoms with Crippen LogP contribution in [0.15, 0.2) is 24.3 Å². The zero-order valence-electron chi connectivity index (χ0n) is 12.7. The van der Waals surface area contributed by atoms with E-state index in [2.05, 4.69) is 17.0 Å². The van der Waals surface area contributed by atoms with Crippen LogP contribution >= 0.6 is 0 Å². The molecule has 1 atom stereocenters. The zero-order valence-corrected chi connectivity index (χ0v) is 12.7. The summed E-state index contributed by atoms with van der Waals surface area (Å²) in [5, 5.41) is 8.70. The highest BCUT2D eigenvalue weighted by Gasteiger charge is 2.20. The normalized spacial score (nSPS) is 19.1. The van der Waals surface area contributed by atoms with E-state index in [0.29, 0.717) is 5.92 Å². The Balaban J connectivity index is 2.10. The zero-order chi connectivity index (χ0) is 15.2. The lowest BCUT2D eigenvalue weighted by Gasteiger charge is -2.34. The fourth-order valence-electron chi connectivity index (χ4n) is 2.88. The molecule has 0 amide bonds. The summed E-state index contributed by atoms with van der Waals surface area (Å²) in [6, 6.07) is 6.20. The maximum Gasteiger partial charge on any atom is 0.328 e. The van der Waals surface area contributed by atoms with Crippen molar-refractivity contribution in [2.45, 2.75) is 19.8 Å². The summed E-state index contributed by atoms with van der Waals surface area (Å²) in [5.41, 5.74) is 3.26. The number of methoxy groups -OCH3 is 1. The van der Waals surface area contributed by atoms with Gasteiger partial charge in [-0.1, -0.05) is 6.07 Å². The Labute approximate surface area is 126 Å². The predicted molar refractivity (Wildman–Crippen MR) is 84.7 cm³/mol. The van der Waals surface area contributed by atoms with E-state index in [0.717, 1.165) is 30.8 Å². The second kappa shape index (κ2) is 7.27. The van der Waals surface area contributed by atoms with Crippen LogP contribution in [0.5, 0.6) is 0 Å². The van der Waals surface area contributed by atoms with Gasteiger partial charge in [0.2, 0.25) is 0 Å². The fraction of sp³-hybridized carbons (Fsp3) is 0.471. The number of benzene rings is 1. The Kier molecular flexibility index (Phi) is 5.39. The van der Waals surface area contributed by atoms with Crippen molar-refractivity contribution in [3.8, 4) is 0 Å². The van der Waals surface area contributed by atoms with Gasteiger partial charge in [-0.05, 0) is 55.0 Å². The number of aryl methyl sites for hydroxylation is 1. The highest BCUT2D eigenvalue weighted by Crippen LogP contribution is 2.25. The minimum Gasteiger partial charge on any atom is -0.478 e. The van der Waals surface area contributed by atoms with E-state index in [9.17, 15) is 4.79 Å². The van der Waals surface area contributed by atoms with Crippen LogP contribution in [0.2, 0.25) is 0 Å². The molecule has 114 valence electrons. The van der Waals surface area contributed by atoms with E-state index < -0.39 is 5.97 Å². The summed E-state index contributed by atoms with van der Waals surface area (Å²) in [5.74, 6) is -0.326. The largest absolute Gasteiger partial charge is 0.478 e. The van der Waals surface area contributed by atoms with Crippen LogP contribution in [-0.2, 0) is 9.53 Å². The first-order valence-electron chi connectivity index (χ1n) is 7.35. The van der Waals surface area contributed by atoms with Crippen LogP contribution in [0.25, 0.3) is 6.08 Å². The first-order valence-corrected chi connectivity index (χ1v) is 7.35. The molecule has 1 aliphatic heterocycles. The summed E-state index contributed by atoms with van der Waals surface area (Å²) >= 11 is 0. The number of rotatable bonds is 5. The van der Waals surface area contributed by atoms with Crippen molar-refractivity contribution in [3.63, 3.8) is 0 Å². The van der Waals surface area contributed by atoms with Crippen LogP contribution in [0, 0.1) is 12.8 Å². The van der Waals surface area contributed by atoms with Crippen LogP contribution in [0.4, 0.5) is 5.69 Å². The predicted octanol–water partition coefficient (Wildman–Crippen LogP) is 2.96. The first-order chi connectivity index (χ1) is 10.1. The van der Waals surface area contributed by atoms with Crippen molar-refractivity contribution in [2.75, 3.05) is 31.7 Å². The first kappa shape index (κ1) is 15.6. The third kappa shape index (κ3) is 4.33. The van der Waals surface area contributed by atoms with E-state index in [1.807, 2.05) is 13.0 Å². The summed E-state index contributed by atoms with van der Waals surface area (Å²) in [6.45, 7) is 4.93. The molecule has 0 spiro atoms. The molecule has 4 nitrogen and oxygen atoms in total. The molecule has 1 aromatic carbocycles. The van der Waals surface area contributed by atoms with Gasteiger partial charge in [0.15, 0.2) is 0 Å². The topological polar surface area (TPSA) is 49.8 Å². The second-order valence-electron chi connectivity index (χ2n) is 5.62. The van der Waals surface area contributed by atoms with Gasteiger partial charge in [0.1, 0.15) is 0 Å². The van der Waals surface area contributed by atoms with Gasteiger partial charge in [-0.3, -0.25) is 0 Å². The highest BCUT2D eigenvalue weighted by atomic mass is 16.5. The number of carboxylic acid groups (broad SMARTS) is 1. The molecule has 0 aliphatic carbocycles. The quantitative estimate of drug-likeness (QED) is 0.847. The average molecular weight is 289 g/mol. The molecule has 0 aromatic heterocycles. The van der Waals surface area contributed by atoms with Gasteiger partial charge in [0, 0.05) is 32.0 Å². The second-order valence-corrected chi connectivity index (χ2v) is 5.62. The molecule has 1 heterocycles. The standard InChI is InChI=1S/C17H23NO3/c1-13-10-16(7-5-15(13)6-8-17(19)20)18-9-3-4-14(11-18)12-21-2/h5-8,10,14H,3-4,9,11-12H2,1-2H3,(H,19,20)/b8-6+. The van der Waals surface area contributed by atoms with E-state index in [4.69, 9.17) is 9.84 Å². The summed E-state index contributed by atoms with van der Waals surface area (Å²) in [7, 11) is 1.76. The lowest BCUT2D eigenvalue weighted by Crippen LogP contribution is -2.37. The molecule has 1 fully saturated rings.